The van der Waals surface area contributed by atoms with Crippen molar-refractivity contribution in [3.8, 4) is 5.75 Å². The summed E-state index contributed by atoms with van der Waals surface area (Å²) in [5, 5.41) is 17.8. The molecule has 1 aromatic carbocycles. The van der Waals surface area contributed by atoms with E-state index in [1.807, 2.05) is 6.92 Å². The van der Waals surface area contributed by atoms with Gasteiger partial charge in [0, 0.05) is 0 Å². The fourth-order valence-electron chi connectivity index (χ4n) is 1.62. The van der Waals surface area contributed by atoms with Gasteiger partial charge in [-0.25, -0.2) is 0 Å². The first-order valence-corrected chi connectivity index (χ1v) is 11.9. The molecule has 24 heavy (non-hydrogen) atoms. The van der Waals surface area contributed by atoms with E-state index in [2.05, 4.69) is 4.98 Å². The Balaban J connectivity index is 2.30. The fraction of sp³-hybridized carbons (Fsp3) is 0.154. The first-order chi connectivity index (χ1) is 11.2. The van der Waals surface area contributed by atoms with E-state index in [-0.39, 0.29) is 10.4 Å². The van der Waals surface area contributed by atoms with Gasteiger partial charge >= 0.3 is 146 Å². The number of carbonyl (C=O) groups is 2. The van der Waals surface area contributed by atoms with E-state index >= 15 is 0 Å². The van der Waals surface area contributed by atoms with Crippen LogP contribution in [0.3, 0.4) is 0 Å². The number of fused-ring (bicyclic) bond motifs is 1. The minimum absolute atomic E-state index is 0.248. The van der Waals surface area contributed by atoms with E-state index in [4.69, 9.17) is 9.84 Å². The van der Waals surface area contributed by atoms with E-state index in [9.17, 15) is 23.1 Å². The van der Waals surface area contributed by atoms with Crippen molar-refractivity contribution < 1.29 is 33.0 Å². The van der Waals surface area contributed by atoms with Crippen LogP contribution in [0.1, 0.15) is 6.92 Å². The molecule has 0 spiro atoms. The number of aliphatic hydroxyl groups excluding tert-OH is 1. The Kier molecular flexibility index (Phi) is 5.63. The van der Waals surface area contributed by atoms with Crippen molar-refractivity contribution in [3.63, 3.8) is 0 Å². The second-order valence-electron chi connectivity index (χ2n) is 4.28. The van der Waals surface area contributed by atoms with Crippen LogP contribution in [0.15, 0.2) is 34.4 Å². The number of benzene rings is 1. The number of rotatable bonds is 7. The molecule has 127 valence electrons. The van der Waals surface area contributed by atoms with Crippen LogP contribution in [-0.4, -0.2) is 55.4 Å². The molecule has 1 radical (unpaired) electrons. The van der Waals surface area contributed by atoms with Gasteiger partial charge < -0.3 is 0 Å². The van der Waals surface area contributed by atoms with Crippen LogP contribution in [0.5, 0.6) is 5.75 Å². The van der Waals surface area contributed by atoms with Gasteiger partial charge in [0.1, 0.15) is 0 Å². The second-order valence-corrected chi connectivity index (χ2v) is 12.1. The molecule has 0 atom stereocenters. The Morgan fingerprint density at radius 2 is 2.08 bits per heavy atom. The summed E-state index contributed by atoms with van der Waals surface area (Å²) in [4.78, 5) is 26.1. The number of aliphatic carboxylic acids is 1. The number of thiazole rings is 1. The molecule has 0 aliphatic heterocycles. The number of carboxylic acids is 1. The predicted molar refractivity (Wildman–Crippen MR) is 87.1 cm³/mol. The van der Waals surface area contributed by atoms with Gasteiger partial charge in [0.2, 0.25) is 0 Å². The summed E-state index contributed by atoms with van der Waals surface area (Å²) in [7, 11) is -4.01. The van der Waals surface area contributed by atoms with Crippen molar-refractivity contribution in [1.29, 1.82) is 0 Å². The number of allylic oxidation sites excluding steroid dienone is 1. The maximum atomic E-state index is 12.3. The zero-order valence-electron chi connectivity index (χ0n) is 12.2. The Bertz CT molecular complexity index is 933. The zero-order chi connectivity index (χ0) is 17.9. The fourth-order valence-corrected chi connectivity index (χ4v) is 7.78. The second kappa shape index (κ2) is 7.33. The van der Waals surface area contributed by atoms with E-state index in [0.717, 1.165) is 11.3 Å². The van der Waals surface area contributed by atoms with Crippen LogP contribution in [-0.2, 0) is 17.7 Å². The van der Waals surface area contributed by atoms with Gasteiger partial charge in [-0.2, -0.15) is 0 Å². The molecule has 0 bridgehead atoms. The van der Waals surface area contributed by atoms with Crippen LogP contribution in [0.2, 0.25) is 0 Å². The van der Waals surface area contributed by atoms with Crippen molar-refractivity contribution in [2.24, 2.45) is 0 Å². The van der Waals surface area contributed by atoms with E-state index < -0.39 is 39.0 Å². The molecule has 0 saturated heterocycles. The summed E-state index contributed by atoms with van der Waals surface area (Å²) in [5.74, 6) is -2.06. The van der Waals surface area contributed by atoms with Crippen molar-refractivity contribution in [1.82, 2.24) is 4.98 Å². The standard InChI is InChI=1S/C13H11AsNO7S2/c1-2-22-7-3-4-8-10(5-7)23-13(15-8)24(20,21)14-12(19)9(16)6-11(17)18/h3-6,16H,2H2,1H3,(H,17,18). The minimum atomic E-state index is -4.01. The van der Waals surface area contributed by atoms with Gasteiger partial charge in [0.15, 0.2) is 0 Å². The van der Waals surface area contributed by atoms with Gasteiger partial charge in [-0.3, -0.25) is 0 Å². The quantitative estimate of drug-likeness (QED) is 0.378. The first-order valence-electron chi connectivity index (χ1n) is 6.42. The van der Waals surface area contributed by atoms with Crippen molar-refractivity contribution in [2.75, 3.05) is 6.61 Å². The molecule has 1 aromatic heterocycles. The predicted octanol–water partition coefficient (Wildman–Crippen LogP) is 1.14. The molecule has 2 N–H and O–H groups in total. The number of nitrogens with zero attached hydrogens (tertiary/aromatic N) is 1. The number of carbonyl (C=O) groups excluding carboxylic acids is 1. The number of hydrogen-bond donors (Lipinski definition) is 2. The number of hydrogen-bond acceptors (Lipinski definition) is 8. The molecule has 0 aliphatic carbocycles. The van der Waals surface area contributed by atoms with Crippen LogP contribution >= 0.6 is 11.3 Å². The molecule has 0 saturated carbocycles. The summed E-state index contributed by atoms with van der Waals surface area (Å²) < 4.78 is 29.1. The molecule has 1 heterocycles. The van der Waals surface area contributed by atoms with Crippen LogP contribution in [0, 0.1) is 0 Å². The number of ether oxygens (including phenoxy) is 1. The SMILES string of the molecule is CCOc1ccc2nc(S(=O)(=O)[As]C(=O)C(O)=CC(=O)O)sc2c1. The van der Waals surface area contributed by atoms with E-state index in [0.29, 0.717) is 22.6 Å². The zero-order valence-corrected chi connectivity index (χ0v) is 15.7. The molecule has 0 fully saturated rings. The third kappa shape index (κ3) is 4.34. The van der Waals surface area contributed by atoms with Gasteiger partial charge in [-0.05, 0) is 0 Å². The molecule has 0 amide bonds. The summed E-state index contributed by atoms with van der Waals surface area (Å²) in [6, 6.07) is 4.91. The Morgan fingerprint density at radius 3 is 2.71 bits per heavy atom. The summed E-state index contributed by atoms with van der Waals surface area (Å²) in [6.07, 6.45) is 0.264. The Morgan fingerprint density at radius 1 is 1.38 bits per heavy atom. The molecular formula is C13H11AsNO7S2. The van der Waals surface area contributed by atoms with E-state index in [1.54, 1.807) is 18.2 Å². The van der Waals surface area contributed by atoms with Crippen LogP contribution in [0.25, 0.3) is 10.2 Å². The average Bonchev–Trinajstić information content (AvgIpc) is 2.90. The van der Waals surface area contributed by atoms with Crippen molar-refractivity contribution >= 4 is 54.8 Å². The van der Waals surface area contributed by atoms with Gasteiger partial charge in [0.05, 0.1) is 0 Å². The third-order valence-corrected chi connectivity index (χ3v) is 10.1. The molecule has 0 aliphatic rings. The monoisotopic (exact) mass is 432 g/mol. The topological polar surface area (TPSA) is 131 Å². The van der Waals surface area contributed by atoms with Gasteiger partial charge in [-0.1, -0.05) is 0 Å². The molecule has 0 unspecified atom stereocenters. The summed E-state index contributed by atoms with van der Waals surface area (Å²) in [6.45, 7) is 2.28. The van der Waals surface area contributed by atoms with Gasteiger partial charge in [-0.15, -0.1) is 0 Å². The first kappa shape index (κ1) is 18.4. The molecule has 8 nitrogen and oxygen atoms in total. The van der Waals surface area contributed by atoms with E-state index in [1.165, 1.54) is 0 Å². The summed E-state index contributed by atoms with van der Waals surface area (Å²) in [5.41, 5.74) is 0.445. The molecule has 2 aromatic rings. The number of carboxylic acid groups (broad SMARTS) is 1. The Hall–Kier alpha value is -1.90. The molecular weight excluding hydrogens is 421 g/mol. The normalized spacial score (nSPS) is 12.8. The van der Waals surface area contributed by atoms with Crippen molar-refractivity contribution in [2.45, 2.75) is 11.3 Å². The maximum absolute atomic E-state index is 12.3. The molecule has 2 rings (SSSR count). The summed E-state index contributed by atoms with van der Waals surface area (Å²) >= 11 is -1.16. The van der Waals surface area contributed by atoms with Crippen LogP contribution < -0.4 is 4.74 Å². The van der Waals surface area contributed by atoms with Crippen LogP contribution in [0.4, 0.5) is 0 Å². The molecule has 11 heteroatoms. The Labute approximate surface area is 146 Å². The van der Waals surface area contributed by atoms with Crippen molar-refractivity contribution in [3.05, 3.63) is 30.0 Å². The number of aromatic nitrogens is 1. The third-order valence-electron chi connectivity index (χ3n) is 2.55. The average molecular weight is 432 g/mol. The number of aliphatic hydroxyl groups is 1. The van der Waals surface area contributed by atoms with Gasteiger partial charge in [0.25, 0.3) is 0 Å².